The molecule has 0 radical (unpaired) electrons. The van der Waals surface area contributed by atoms with Gasteiger partial charge in [0.1, 0.15) is 23.2 Å². The lowest BCUT2D eigenvalue weighted by Crippen LogP contribution is -2.23. The van der Waals surface area contributed by atoms with Crippen LogP contribution < -0.4 is 5.32 Å². The van der Waals surface area contributed by atoms with Crippen molar-refractivity contribution in [2.45, 2.75) is 19.4 Å². The molecule has 1 N–H and O–H groups in total. The van der Waals surface area contributed by atoms with E-state index in [1.165, 1.54) is 6.07 Å². The molecule has 1 aromatic heterocycles. The molecule has 5 heteroatoms. The Hall–Kier alpha value is -1.20. The molecule has 2 nitrogen and oxygen atoms in total. The van der Waals surface area contributed by atoms with Gasteiger partial charge in [0.05, 0.1) is 5.56 Å². The maximum atomic E-state index is 13.8. The molecule has 0 aliphatic rings. The van der Waals surface area contributed by atoms with Gasteiger partial charge in [-0.05, 0) is 48.1 Å². The average molecular weight is 330 g/mol. The normalized spacial score (nSPS) is 12.7. The molecular formula is C14H14BrF2NO. The second-order valence-electron chi connectivity index (χ2n) is 4.40. The van der Waals surface area contributed by atoms with Crippen LogP contribution in [0.4, 0.5) is 8.78 Å². The molecule has 0 spiro atoms. The first-order valence-corrected chi connectivity index (χ1v) is 6.71. The molecular weight excluding hydrogens is 316 g/mol. The van der Waals surface area contributed by atoms with Gasteiger partial charge in [0.2, 0.25) is 0 Å². The van der Waals surface area contributed by atoms with Crippen molar-refractivity contribution >= 4 is 15.9 Å². The minimum atomic E-state index is -0.644. The molecule has 2 aromatic rings. The largest absolute Gasteiger partial charge is 0.461 e. The van der Waals surface area contributed by atoms with E-state index >= 15 is 0 Å². The van der Waals surface area contributed by atoms with Crippen molar-refractivity contribution in [3.8, 4) is 11.3 Å². The molecule has 102 valence electrons. The quantitative estimate of drug-likeness (QED) is 0.912. The van der Waals surface area contributed by atoms with Gasteiger partial charge in [-0.25, -0.2) is 8.78 Å². The van der Waals surface area contributed by atoms with Crippen molar-refractivity contribution < 1.29 is 13.2 Å². The fraction of sp³-hybridized carbons (Fsp3) is 0.286. The van der Waals surface area contributed by atoms with E-state index < -0.39 is 11.6 Å². The number of likely N-dealkylation sites (N-methyl/N-ethyl adjacent to an activating group) is 1. The number of nitrogens with one attached hydrogen (secondary N) is 1. The van der Waals surface area contributed by atoms with Gasteiger partial charge in [-0.15, -0.1) is 0 Å². The molecule has 0 bridgehead atoms. The Bertz CT molecular complexity index is 560. The van der Waals surface area contributed by atoms with Crippen LogP contribution in [0.1, 0.15) is 12.7 Å². The molecule has 0 amide bonds. The van der Waals surface area contributed by atoms with E-state index in [9.17, 15) is 8.78 Å². The van der Waals surface area contributed by atoms with Crippen LogP contribution in [-0.2, 0) is 6.42 Å². The molecule has 19 heavy (non-hydrogen) atoms. The number of hydrogen-bond acceptors (Lipinski definition) is 2. The zero-order chi connectivity index (χ0) is 14.0. The Morgan fingerprint density at radius 2 is 2.05 bits per heavy atom. The molecule has 0 saturated carbocycles. The van der Waals surface area contributed by atoms with Crippen LogP contribution in [0.25, 0.3) is 11.3 Å². The van der Waals surface area contributed by atoms with Crippen LogP contribution in [0.2, 0.25) is 0 Å². The van der Waals surface area contributed by atoms with Crippen molar-refractivity contribution in [3.05, 3.63) is 46.1 Å². The summed E-state index contributed by atoms with van der Waals surface area (Å²) < 4.78 is 32.8. The molecule has 2 rings (SSSR count). The summed E-state index contributed by atoms with van der Waals surface area (Å²) in [7, 11) is 1.87. The summed E-state index contributed by atoms with van der Waals surface area (Å²) in [6.45, 7) is 2.02. The number of benzene rings is 1. The highest BCUT2D eigenvalue weighted by molar-refractivity contribution is 9.10. The Labute approximate surface area is 118 Å². The smallest absolute Gasteiger partial charge is 0.138 e. The lowest BCUT2D eigenvalue weighted by molar-refractivity contribution is 0.478. The molecule has 0 saturated heterocycles. The van der Waals surface area contributed by atoms with Crippen molar-refractivity contribution in [1.82, 2.24) is 5.32 Å². The standard InChI is InChI=1S/C14H14BrF2NO/c1-8(18-2)5-10-3-4-13(19-10)14-11(15)6-9(16)7-12(14)17/h3-4,6-8,18H,5H2,1-2H3. The van der Waals surface area contributed by atoms with E-state index in [0.29, 0.717) is 16.7 Å². The van der Waals surface area contributed by atoms with E-state index in [2.05, 4.69) is 21.2 Å². The molecule has 1 heterocycles. The maximum absolute atomic E-state index is 13.8. The predicted molar refractivity (Wildman–Crippen MR) is 74.0 cm³/mol. The van der Waals surface area contributed by atoms with Gasteiger partial charge in [0.15, 0.2) is 0 Å². The SMILES string of the molecule is CNC(C)Cc1ccc(-c2c(F)cc(F)cc2Br)o1. The summed E-state index contributed by atoms with van der Waals surface area (Å²) in [6, 6.07) is 5.83. The molecule has 0 aliphatic carbocycles. The second-order valence-corrected chi connectivity index (χ2v) is 5.26. The number of furan rings is 1. The summed E-state index contributed by atoms with van der Waals surface area (Å²) in [5.74, 6) is -0.117. The summed E-state index contributed by atoms with van der Waals surface area (Å²) in [5.41, 5.74) is 0.241. The molecule has 1 atom stereocenters. The third-order valence-electron chi connectivity index (χ3n) is 2.92. The highest BCUT2D eigenvalue weighted by Gasteiger charge is 2.16. The lowest BCUT2D eigenvalue weighted by atomic mass is 10.1. The van der Waals surface area contributed by atoms with Crippen LogP contribution in [0.3, 0.4) is 0 Å². The number of halogens is 3. The van der Waals surface area contributed by atoms with E-state index in [1.54, 1.807) is 12.1 Å². The first-order chi connectivity index (χ1) is 9.01. The van der Waals surface area contributed by atoms with E-state index in [-0.39, 0.29) is 11.6 Å². The summed E-state index contributed by atoms with van der Waals surface area (Å²) in [6.07, 6.45) is 0.705. The lowest BCUT2D eigenvalue weighted by Gasteiger charge is -2.07. The summed E-state index contributed by atoms with van der Waals surface area (Å²) in [5, 5.41) is 3.10. The third kappa shape index (κ3) is 3.22. The van der Waals surface area contributed by atoms with Gasteiger partial charge in [0.25, 0.3) is 0 Å². The van der Waals surface area contributed by atoms with Crippen LogP contribution in [0, 0.1) is 11.6 Å². The van der Waals surface area contributed by atoms with Gasteiger partial charge in [-0.2, -0.15) is 0 Å². The van der Waals surface area contributed by atoms with Crippen molar-refractivity contribution in [2.75, 3.05) is 7.05 Å². The van der Waals surface area contributed by atoms with Crippen molar-refractivity contribution in [2.24, 2.45) is 0 Å². The van der Waals surface area contributed by atoms with Crippen LogP contribution in [0.5, 0.6) is 0 Å². The zero-order valence-electron chi connectivity index (χ0n) is 10.6. The fourth-order valence-corrected chi connectivity index (χ4v) is 2.41. The van der Waals surface area contributed by atoms with Gasteiger partial charge >= 0.3 is 0 Å². The van der Waals surface area contributed by atoms with Gasteiger partial charge < -0.3 is 9.73 Å². The van der Waals surface area contributed by atoms with E-state index in [0.717, 1.165) is 11.8 Å². The second kappa shape index (κ2) is 5.84. The molecule has 1 unspecified atom stereocenters. The maximum Gasteiger partial charge on any atom is 0.138 e. The number of hydrogen-bond donors (Lipinski definition) is 1. The van der Waals surface area contributed by atoms with E-state index in [1.807, 2.05) is 14.0 Å². The monoisotopic (exact) mass is 329 g/mol. The molecule has 0 fully saturated rings. The van der Waals surface area contributed by atoms with Gasteiger partial charge in [0, 0.05) is 23.0 Å². The Balaban J connectivity index is 2.33. The summed E-state index contributed by atoms with van der Waals surface area (Å²) in [4.78, 5) is 0. The van der Waals surface area contributed by atoms with Crippen molar-refractivity contribution in [3.63, 3.8) is 0 Å². The first kappa shape index (κ1) is 14.2. The average Bonchev–Trinajstić information content (AvgIpc) is 2.75. The minimum absolute atomic E-state index is 0.241. The Kier molecular flexibility index (Phi) is 4.37. The first-order valence-electron chi connectivity index (χ1n) is 5.92. The van der Waals surface area contributed by atoms with Gasteiger partial charge in [-0.3, -0.25) is 0 Å². The number of rotatable bonds is 4. The minimum Gasteiger partial charge on any atom is -0.461 e. The topological polar surface area (TPSA) is 25.2 Å². The van der Waals surface area contributed by atoms with Crippen molar-refractivity contribution in [1.29, 1.82) is 0 Å². The van der Waals surface area contributed by atoms with E-state index in [4.69, 9.17) is 4.42 Å². The Morgan fingerprint density at radius 1 is 1.32 bits per heavy atom. The van der Waals surface area contributed by atoms with Crippen LogP contribution >= 0.6 is 15.9 Å². The highest BCUT2D eigenvalue weighted by atomic mass is 79.9. The Morgan fingerprint density at radius 3 is 2.68 bits per heavy atom. The summed E-state index contributed by atoms with van der Waals surface area (Å²) >= 11 is 3.16. The van der Waals surface area contributed by atoms with Gasteiger partial charge in [-0.1, -0.05) is 0 Å². The van der Waals surface area contributed by atoms with Crippen LogP contribution in [0.15, 0.2) is 33.2 Å². The fourth-order valence-electron chi connectivity index (χ4n) is 1.80. The molecule has 0 aliphatic heterocycles. The zero-order valence-corrected chi connectivity index (χ0v) is 12.2. The highest BCUT2D eigenvalue weighted by Crippen LogP contribution is 2.33. The third-order valence-corrected chi connectivity index (χ3v) is 3.54. The predicted octanol–water partition coefficient (Wildman–Crippen LogP) is 4.14. The van der Waals surface area contributed by atoms with Crippen LogP contribution in [-0.4, -0.2) is 13.1 Å². The molecule has 1 aromatic carbocycles.